The third-order valence-corrected chi connectivity index (χ3v) is 3.26. The molecule has 0 aliphatic heterocycles. The number of hydrogen-bond acceptors (Lipinski definition) is 5. The van der Waals surface area contributed by atoms with Crippen molar-refractivity contribution in [3.63, 3.8) is 0 Å². The molecule has 100 valence electrons. The van der Waals surface area contributed by atoms with E-state index < -0.39 is 0 Å². The molecule has 2 rings (SSSR count). The molecular weight excluding hydrogens is 228 g/mol. The van der Waals surface area contributed by atoms with Crippen LogP contribution in [0, 0.1) is 5.92 Å². The van der Waals surface area contributed by atoms with Gasteiger partial charge in [-0.3, -0.25) is 0 Å². The van der Waals surface area contributed by atoms with Gasteiger partial charge in [0.25, 0.3) is 0 Å². The molecule has 1 saturated carbocycles. The number of methoxy groups -OCH3 is 1. The zero-order valence-corrected chi connectivity index (χ0v) is 11.4. The van der Waals surface area contributed by atoms with Gasteiger partial charge < -0.3 is 15.4 Å². The molecule has 0 saturated heterocycles. The molecular formula is C13H22N4O. The average Bonchev–Trinajstić information content (AvgIpc) is 3.09. The van der Waals surface area contributed by atoms with Crippen molar-refractivity contribution < 1.29 is 4.74 Å². The normalized spacial score (nSPS) is 21.5. The molecule has 1 aromatic heterocycles. The molecule has 2 unspecified atom stereocenters. The first-order valence-electron chi connectivity index (χ1n) is 6.69. The van der Waals surface area contributed by atoms with Gasteiger partial charge in [-0.05, 0) is 25.7 Å². The summed E-state index contributed by atoms with van der Waals surface area (Å²) < 4.78 is 5.40. The van der Waals surface area contributed by atoms with Crippen LogP contribution in [0.15, 0.2) is 6.33 Å². The van der Waals surface area contributed by atoms with Gasteiger partial charge in [-0.25, -0.2) is 9.97 Å². The average molecular weight is 250 g/mol. The Hall–Kier alpha value is -1.52. The first-order valence-corrected chi connectivity index (χ1v) is 6.69. The molecule has 0 amide bonds. The van der Waals surface area contributed by atoms with E-state index in [1.54, 1.807) is 13.4 Å². The topological polar surface area (TPSA) is 59.1 Å². The standard InChI is InChI=1S/C13H22N4O/c1-4-6-9-7-10(9)17-13-11(18-3)12(14-5-2)15-8-16-13/h8-10H,4-7H2,1-3H3,(H2,14,15,16,17). The predicted octanol–water partition coefficient (Wildman–Crippen LogP) is 2.52. The maximum Gasteiger partial charge on any atom is 0.204 e. The SMILES string of the molecule is CCCC1CC1Nc1ncnc(NCC)c1OC. The number of anilines is 2. The highest BCUT2D eigenvalue weighted by molar-refractivity contribution is 5.64. The molecule has 0 bridgehead atoms. The third kappa shape index (κ3) is 2.83. The van der Waals surface area contributed by atoms with Crippen molar-refractivity contribution in [1.82, 2.24) is 9.97 Å². The second kappa shape index (κ2) is 5.89. The van der Waals surface area contributed by atoms with E-state index in [1.807, 2.05) is 6.92 Å². The number of hydrogen-bond donors (Lipinski definition) is 2. The summed E-state index contributed by atoms with van der Waals surface area (Å²) in [7, 11) is 1.65. The Bertz CT molecular complexity index is 397. The van der Waals surface area contributed by atoms with Crippen LogP contribution in [0.2, 0.25) is 0 Å². The van der Waals surface area contributed by atoms with E-state index in [0.29, 0.717) is 11.8 Å². The molecule has 5 nitrogen and oxygen atoms in total. The highest BCUT2D eigenvalue weighted by Crippen LogP contribution is 2.39. The van der Waals surface area contributed by atoms with E-state index in [2.05, 4.69) is 27.5 Å². The molecule has 5 heteroatoms. The summed E-state index contributed by atoms with van der Waals surface area (Å²) in [6.07, 6.45) is 5.33. The number of nitrogens with zero attached hydrogens (tertiary/aromatic N) is 2. The van der Waals surface area contributed by atoms with Crippen LogP contribution in [0.5, 0.6) is 5.75 Å². The van der Waals surface area contributed by atoms with E-state index in [4.69, 9.17) is 4.74 Å². The van der Waals surface area contributed by atoms with Crippen LogP contribution in [0.4, 0.5) is 11.6 Å². The predicted molar refractivity (Wildman–Crippen MR) is 73.2 cm³/mol. The molecule has 1 fully saturated rings. The highest BCUT2D eigenvalue weighted by Gasteiger charge is 2.36. The van der Waals surface area contributed by atoms with Gasteiger partial charge >= 0.3 is 0 Å². The molecule has 2 atom stereocenters. The van der Waals surface area contributed by atoms with Crippen LogP contribution < -0.4 is 15.4 Å². The maximum absolute atomic E-state index is 5.40. The lowest BCUT2D eigenvalue weighted by atomic mass is 10.2. The Morgan fingerprint density at radius 2 is 2.11 bits per heavy atom. The van der Waals surface area contributed by atoms with Gasteiger partial charge in [-0.2, -0.15) is 0 Å². The number of rotatable bonds is 7. The quantitative estimate of drug-likeness (QED) is 0.778. The van der Waals surface area contributed by atoms with Crippen molar-refractivity contribution in [1.29, 1.82) is 0 Å². The van der Waals surface area contributed by atoms with Gasteiger partial charge in [-0.15, -0.1) is 0 Å². The lowest BCUT2D eigenvalue weighted by molar-refractivity contribution is 0.414. The van der Waals surface area contributed by atoms with Gasteiger partial charge in [0, 0.05) is 12.6 Å². The highest BCUT2D eigenvalue weighted by atomic mass is 16.5. The summed E-state index contributed by atoms with van der Waals surface area (Å²) in [6.45, 7) is 5.07. The minimum absolute atomic E-state index is 0.545. The lowest BCUT2D eigenvalue weighted by Gasteiger charge is -2.13. The van der Waals surface area contributed by atoms with Crippen molar-refractivity contribution in [2.75, 3.05) is 24.3 Å². The van der Waals surface area contributed by atoms with Gasteiger partial charge in [0.1, 0.15) is 6.33 Å². The van der Waals surface area contributed by atoms with Crippen LogP contribution >= 0.6 is 0 Å². The monoisotopic (exact) mass is 250 g/mol. The van der Waals surface area contributed by atoms with Crippen molar-refractivity contribution in [2.45, 2.75) is 39.2 Å². The lowest BCUT2D eigenvalue weighted by Crippen LogP contribution is -2.10. The molecule has 1 aliphatic carbocycles. The number of nitrogens with one attached hydrogen (secondary N) is 2. The zero-order valence-electron chi connectivity index (χ0n) is 11.4. The first kappa shape index (κ1) is 12.9. The zero-order chi connectivity index (χ0) is 13.0. The number of aromatic nitrogens is 2. The van der Waals surface area contributed by atoms with Gasteiger partial charge in [-0.1, -0.05) is 13.3 Å². The van der Waals surface area contributed by atoms with Crippen LogP contribution in [-0.4, -0.2) is 29.7 Å². The minimum atomic E-state index is 0.545. The molecule has 0 spiro atoms. The van der Waals surface area contributed by atoms with E-state index in [9.17, 15) is 0 Å². The summed E-state index contributed by atoms with van der Waals surface area (Å²) in [5.74, 6) is 3.05. The van der Waals surface area contributed by atoms with Crippen LogP contribution in [0.3, 0.4) is 0 Å². The van der Waals surface area contributed by atoms with Crippen molar-refractivity contribution in [3.8, 4) is 5.75 Å². The first-order chi connectivity index (χ1) is 8.80. The summed E-state index contributed by atoms with van der Waals surface area (Å²) >= 11 is 0. The van der Waals surface area contributed by atoms with E-state index in [0.717, 1.165) is 24.1 Å². The molecule has 1 heterocycles. The molecule has 0 radical (unpaired) electrons. The Balaban J connectivity index is 2.06. The molecule has 18 heavy (non-hydrogen) atoms. The van der Waals surface area contributed by atoms with E-state index >= 15 is 0 Å². The van der Waals surface area contributed by atoms with Crippen LogP contribution in [0.1, 0.15) is 33.1 Å². The largest absolute Gasteiger partial charge is 0.490 e. The number of ether oxygens (including phenoxy) is 1. The minimum Gasteiger partial charge on any atom is -0.490 e. The third-order valence-electron chi connectivity index (χ3n) is 3.26. The Morgan fingerprint density at radius 1 is 1.33 bits per heavy atom. The van der Waals surface area contributed by atoms with E-state index in [1.165, 1.54) is 19.3 Å². The fraction of sp³-hybridized carbons (Fsp3) is 0.692. The second-order valence-electron chi connectivity index (χ2n) is 4.67. The summed E-state index contributed by atoms with van der Waals surface area (Å²) in [6, 6.07) is 0.545. The maximum atomic E-state index is 5.40. The smallest absolute Gasteiger partial charge is 0.204 e. The summed E-state index contributed by atoms with van der Waals surface area (Å²) in [4.78, 5) is 8.48. The molecule has 1 aliphatic rings. The fourth-order valence-corrected chi connectivity index (χ4v) is 2.25. The van der Waals surface area contributed by atoms with Crippen molar-refractivity contribution in [2.24, 2.45) is 5.92 Å². The molecule has 1 aromatic rings. The molecule has 0 aromatic carbocycles. The van der Waals surface area contributed by atoms with Gasteiger partial charge in [0.2, 0.25) is 5.75 Å². The Morgan fingerprint density at radius 3 is 2.78 bits per heavy atom. The Labute approximate surface area is 108 Å². The van der Waals surface area contributed by atoms with Gasteiger partial charge in [0.15, 0.2) is 11.6 Å². The van der Waals surface area contributed by atoms with Crippen LogP contribution in [-0.2, 0) is 0 Å². The molecule has 2 N–H and O–H groups in total. The summed E-state index contributed by atoms with van der Waals surface area (Å²) in [5.41, 5.74) is 0. The fourth-order valence-electron chi connectivity index (χ4n) is 2.25. The van der Waals surface area contributed by atoms with Crippen molar-refractivity contribution >= 4 is 11.6 Å². The summed E-state index contributed by atoms with van der Waals surface area (Å²) in [5, 5.41) is 6.63. The van der Waals surface area contributed by atoms with Crippen molar-refractivity contribution in [3.05, 3.63) is 6.33 Å². The Kier molecular flexibility index (Phi) is 4.23. The second-order valence-corrected chi connectivity index (χ2v) is 4.67. The van der Waals surface area contributed by atoms with E-state index in [-0.39, 0.29) is 0 Å². The van der Waals surface area contributed by atoms with Gasteiger partial charge in [0.05, 0.1) is 7.11 Å². The van der Waals surface area contributed by atoms with Crippen LogP contribution in [0.25, 0.3) is 0 Å².